The Morgan fingerprint density at radius 2 is 0.956 bits per heavy atom. The molecule has 0 aromatic heterocycles. The van der Waals surface area contributed by atoms with E-state index in [9.17, 15) is 19.2 Å². The second-order valence-corrected chi connectivity index (χ2v) is 11.3. The second kappa shape index (κ2) is 16.6. The van der Waals surface area contributed by atoms with Crippen LogP contribution < -0.4 is 20.9 Å². The summed E-state index contributed by atoms with van der Waals surface area (Å²) in [6.45, 7) is 7.70. The molecule has 14 heteroatoms. The van der Waals surface area contributed by atoms with E-state index >= 15 is 0 Å². The fraction of sp³-hybridized carbons (Fsp3) is 0.419. The number of carbonyl (C=O) groups is 4. The van der Waals surface area contributed by atoms with E-state index in [0.717, 1.165) is 0 Å². The number of benzene rings is 2. The van der Waals surface area contributed by atoms with Gasteiger partial charge in [-0.3, -0.25) is 9.59 Å². The van der Waals surface area contributed by atoms with Crippen molar-refractivity contribution in [3.63, 3.8) is 0 Å². The molecule has 0 spiro atoms. The minimum absolute atomic E-state index is 0.0185. The van der Waals surface area contributed by atoms with Crippen molar-refractivity contribution < 1.29 is 48.5 Å². The summed E-state index contributed by atoms with van der Waals surface area (Å²) >= 11 is 0. The van der Waals surface area contributed by atoms with Gasteiger partial charge in [0.1, 0.15) is 22.7 Å². The first-order valence-electron chi connectivity index (χ1n) is 14.1. The molecule has 45 heavy (non-hydrogen) atoms. The molecular formula is C31H40N4O10. The minimum Gasteiger partial charge on any atom is -0.488 e. The van der Waals surface area contributed by atoms with Gasteiger partial charge in [-0.25, -0.2) is 9.59 Å². The topological polar surface area (TPSA) is 222 Å². The second-order valence-electron chi connectivity index (χ2n) is 11.3. The third-order valence-corrected chi connectivity index (χ3v) is 5.97. The van der Waals surface area contributed by atoms with Crippen molar-refractivity contribution in [3.8, 4) is 11.5 Å². The Hall–Kier alpha value is -5.14. The summed E-state index contributed by atoms with van der Waals surface area (Å²) in [5, 5.41) is 24.5. The molecule has 0 unspecified atom stereocenters. The molecule has 0 fully saturated rings. The number of carboxylic acids is 2. The number of rotatable bonds is 18. The van der Waals surface area contributed by atoms with E-state index in [-0.39, 0.29) is 50.2 Å². The Labute approximate surface area is 260 Å². The number of carbonyl (C=O) groups excluding carboxylic acids is 2. The van der Waals surface area contributed by atoms with Gasteiger partial charge < -0.3 is 40.8 Å². The molecule has 0 aliphatic carbocycles. The summed E-state index contributed by atoms with van der Waals surface area (Å²) < 4.78 is 12.4. The van der Waals surface area contributed by atoms with E-state index < -0.39 is 35.1 Å². The smallest absolute Gasteiger partial charge is 0.335 e. The lowest BCUT2D eigenvalue weighted by atomic mass is 9.92. The van der Waals surface area contributed by atoms with Gasteiger partial charge >= 0.3 is 23.9 Å². The number of hydrogen-bond acceptors (Lipinski definition) is 10. The maximum Gasteiger partial charge on any atom is 0.335 e. The van der Waals surface area contributed by atoms with Gasteiger partial charge in [-0.15, -0.1) is 0 Å². The van der Waals surface area contributed by atoms with Crippen LogP contribution in [0.3, 0.4) is 0 Å². The third kappa shape index (κ3) is 14.3. The van der Waals surface area contributed by atoms with Gasteiger partial charge in [0.25, 0.3) is 0 Å². The highest BCUT2D eigenvalue weighted by Crippen LogP contribution is 2.30. The molecule has 0 radical (unpaired) electrons. The van der Waals surface area contributed by atoms with Crippen LogP contribution in [-0.2, 0) is 28.9 Å². The van der Waals surface area contributed by atoms with Crippen LogP contribution >= 0.6 is 0 Å². The van der Waals surface area contributed by atoms with Crippen LogP contribution in [0.15, 0.2) is 58.8 Å². The summed E-state index contributed by atoms with van der Waals surface area (Å²) in [6.07, 6.45) is 0.325. The standard InChI is InChI=1S/C31H40N4O10/c1-30(2,42-22-15-11-20(12-16-22)28(32)34-44-26(40)9-5-7-24(36)37)19-31(3,4)43-23-17-13-21(14-18-23)29(33)35-45-27(41)10-6-8-25(38)39/h11-18H,5-10,19H2,1-4H3,(H2,32,34)(H2,33,35)(H,36,37)(H,38,39). The molecule has 0 saturated carbocycles. The van der Waals surface area contributed by atoms with E-state index in [0.29, 0.717) is 29.0 Å². The van der Waals surface area contributed by atoms with Gasteiger partial charge in [-0.1, -0.05) is 10.3 Å². The lowest BCUT2D eigenvalue weighted by molar-refractivity contribution is -0.145. The molecule has 0 saturated heterocycles. The maximum atomic E-state index is 11.7. The highest BCUT2D eigenvalue weighted by atomic mass is 16.7. The van der Waals surface area contributed by atoms with Gasteiger partial charge in [0.2, 0.25) is 0 Å². The molecule has 244 valence electrons. The van der Waals surface area contributed by atoms with Gasteiger partial charge in [-0.05, 0) is 89.1 Å². The fourth-order valence-corrected chi connectivity index (χ4v) is 4.29. The average molecular weight is 629 g/mol. The molecule has 2 aromatic carbocycles. The zero-order chi connectivity index (χ0) is 33.6. The summed E-state index contributed by atoms with van der Waals surface area (Å²) in [6, 6.07) is 13.5. The highest BCUT2D eigenvalue weighted by molar-refractivity contribution is 5.98. The predicted molar refractivity (Wildman–Crippen MR) is 164 cm³/mol. The molecule has 0 amide bonds. The number of hydrogen-bond donors (Lipinski definition) is 4. The summed E-state index contributed by atoms with van der Waals surface area (Å²) in [5.74, 6) is -2.24. The molecule has 0 aliphatic rings. The Bertz CT molecular complexity index is 1280. The molecular weight excluding hydrogens is 588 g/mol. The van der Waals surface area contributed by atoms with Crippen LogP contribution in [0.1, 0.15) is 83.8 Å². The van der Waals surface area contributed by atoms with Gasteiger partial charge in [0.15, 0.2) is 11.7 Å². The van der Waals surface area contributed by atoms with E-state index in [1.165, 1.54) is 0 Å². The summed E-state index contributed by atoms with van der Waals surface area (Å²) in [4.78, 5) is 53.9. The number of ether oxygens (including phenoxy) is 2. The number of amidine groups is 2. The predicted octanol–water partition coefficient (Wildman–Crippen LogP) is 3.93. The lowest BCUT2D eigenvalue weighted by Crippen LogP contribution is -2.41. The molecule has 0 aliphatic heterocycles. The Kier molecular flexibility index (Phi) is 13.3. The van der Waals surface area contributed by atoms with E-state index in [2.05, 4.69) is 10.3 Å². The van der Waals surface area contributed by atoms with Gasteiger partial charge in [-0.2, -0.15) is 0 Å². The minimum atomic E-state index is -0.996. The lowest BCUT2D eigenvalue weighted by Gasteiger charge is -2.35. The first-order chi connectivity index (χ1) is 21.0. The number of nitrogens with two attached hydrogens (primary N) is 2. The molecule has 0 atom stereocenters. The van der Waals surface area contributed by atoms with E-state index in [1.54, 1.807) is 48.5 Å². The molecule has 2 rings (SSSR count). The highest BCUT2D eigenvalue weighted by Gasteiger charge is 2.32. The quantitative estimate of drug-likeness (QED) is 0.0798. The van der Waals surface area contributed by atoms with E-state index in [4.69, 9.17) is 40.8 Å². The Morgan fingerprint density at radius 1 is 0.622 bits per heavy atom. The van der Waals surface area contributed by atoms with Crippen LogP contribution in [0.4, 0.5) is 0 Å². The van der Waals surface area contributed by atoms with Crippen molar-refractivity contribution in [2.24, 2.45) is 21.8 Å². The average Bonchev–Trinajstić information content (AvgIpc) is 2.94. The van der Waals surface area contributed by atoms with Crippen LogP contribution in [0.5, 0.6) is 11.5 Å². The maximum absolute atomic E-state index is 11.7. The first kappa shape index (κ1) is 36.1. The van der Waals surface area contributed by atoms with Crippen molar-refractivity contribution >= 4 is 35.5 Å². The Morgan fingerprint density at radius 3 is 1.27 bits per heavy atom. The largest absolute Gasteiger partial charge is 0.488 e. The zero-order valence-corrected chi connectivity index (χ0v) is 25.8. The molecule has 0 bridgehead atoms. The Balaban J connectivity index is 1.90. The molecule has 0 heterocycles. The van der Waals surface area contributed by atoms with Crippen molar-refractivity contribution in [3.05, 3.63) is 59.7 Å². The number of nitrogens with zero attached hydrogens (tertiary/aromatic N) is 2. The SMILES string of the molecule is CC(C)(CC(C)(C)Oc1ccc(C(N)=NOC(=O)CCCC(=O)O)cc1)Oc1ccc(C(N)=NOC(=O)CCCC(=O)O)cc1. The van der Waals surface area contributed by atoms with Gasteiger partial charge in [0.05, 0.1) is 0 Å². The van der Waals surface area contributed by atoms with Crippen LogP contribution in [-0.4, -0.2) is 57.0 Å². The first-order valence-corrected chi connectivity index (χ1v) is 14.1. The van der Waals surface area contributed by atoms with Crippen LogP contribution in [0, 0.1) is 0 Å². The number of aliphatic carboxylic acids is 2. The van der Waals surface area contributed by atoms with E-state index in [1.807, 2.05) is 27.7 Å². The summed E-state index contributed by atoms with van der Waals surface area (Å²) in [7, 11) is 0. The monoisotopic (exact) mass is 628 g/mol. The van der Waals surface area contributed by atoms with Gasteiger partial charge in [0, 0.05) is 43.2 Å². The van der Waals surface area contributed by atoms with Crippen LogP contribution in [0.25, 0.3) is 0 Å². The van der Waals surface area contributed by atoms with Crippen molar-refractivity contribution in [2.75, 3.05) is 0 Å². The van der Waals surface area contributed by atoms with Crippen molar-refractivity contribution in [1.82, 2.24) is 0 Å². The number of carboxylic acid groups (broad SMARTS) is 2. The number of oxime groups is 2. The molecule has 6 N–H and O–H groups in total. The fourth-order valence-electron chi connectivity index (χ4n) is 4.29. The summed E-state index contributed by atoms with van der Waals surface area (Å²) in [5.41, 5.74) is 11.5. The van der Waals surface area contributed by atoms with Crippen molar-refractivity contribution in [1.29, 1.82) is 0 Å². The van der Waals surface area contributed by atoms with Crippen molar-refractivity contribution in [2.45, 2.75) is 83.8 Å². The van der Waals surface area contributed by atoms with Crippen LogP contribution in [0.2, 0.25) is 0 Å². The molecule has 14 nitrogen and oxygen atoms in total. The normalized spacial score (nSPS) is 12.3. The third-order valence-electron chi connectivity index (χ3n) is 5.97. The zero-order valence-electron chi connectivity index (χ0n) is 25.8. The molecule has 2 aromatic rings.